The summed E-state index contributed by atoms with van der Waals surface area (Å²) < 4.78 is 5.21. The molecule has 0 aliphatic heterocycles. The molecule has 0 radical (unpaired) electrons. The van der Waals surface area contributed by atoms with Crippen LogP contribution >= 0.6 is 0 Å². The van der Waals surface area contributed by atoms with Gasteiger partial charge in [-0.1, -0.05) is 20.3 Å². The minimum absolute atomic E-state index is 0.550. The van der Waals surface area contributed by atoms with Crippen molar-refractivity contribution in [3.05, 3.63) is 0 Å². The van der Waals surface area contributed by atoms with Gasteiger partial charge in [0.25, 0.3) is 0 Å². The SMILES string of the molecule is COCC1(C(C)C)CCC1. The second kappa shape index (κ2) is 2.91. The summed E-state index contributed by atoms with van der Waals surface area (Å²) in [7, 11) is 1.81. The van der Waals surface area contributed by atoms with Crippen LogP contribution in [0, 0.1) is 11.3 Å². The highest BCUT2D eigenvalue weighted by molar-refractivity contribution is 4.89. The Kier molecular flexibility index (Phi) is 2.35. The van der Waals surface area contributed by atoms with E-state index >= 15 is 0 Å². The summed E-state index contributed by atoms with van der Waals surface area (Å²) in [6, 6.07) is 0. The van der Waals surface area contributed by atoms with Gasteiger partial charge in [0.05, 0.1) is 6.61 Å². The topological polar surface area (TPSA) is 9.23 Å². The van der Waals surface area contributed by atoms with Crippen molar-refractivity contribution in [2.75, 3.05) is 13.7 Å². The zero-order chi connectivity index (χ0) is 7.61. The number of hydrogen-bond acceptors (Lipinski definition) is 1. The van der Waals surface area contributed by atoms with E-state index in [0.717, 1.165) is 12.5 Å². The maximum atomic E-state index is 5.21. The number of rotatable bonds is 3. The molecule has 0 saturated heterocycles. The van der Waals surface area contributed by atoms with Crippen LogP contribution in [0.15, 0.2) is 0 Å². The molecule has 1 aliphatic carbocycles. The van der Waals surface area contributed by atoms with Crippen molar-refractivity contribution in [1.82, 2.24) is 0 Å². The average molecular weight is 142 g/mol. The number of hydrogen-bond donors (Lipinski definition) is 0. The van der Waals surface area contributed by atoms with E-state index in [9.17, 15) is 0 Å². The molecule has 1 heteroatoms. The van der Waals surface area contributed by atoms with Gasteiger partial charge < -0.3 is 4.74 Å². The third-order valence-electron chi connectivity index (χ3n) is 3.01. The lowest BCUT2D eigenvalue weighted by molar-refractivity contribution is -0.0200. The van der Waals surface area contributed by atoms with E-state index in [-0.39, 0.29) is 0 Å². The predicted octanol–water partition coefficient (Wildman–Crippen LogP) is 2.46. The zero-order valence-electron chi connectivity index (χ0n) is 7.31. The highest BCUT2D eigenvalue weighted by Crippen LogP contribution is 2.46. The van der Waals surface area contributed by atoms with Crippen LogP contribution in [0.4, 0.5) is 0 Å². The third-order valence-corrected chi connectivity index (χ3v) is 3.01. The lowest BCUT2D eigenvalue weighted by Gasteiger charge is -2.44. The molecule has 0 aromatic heterocycles. The van der Waals surface area contributed by atoms with Crippen molar-refractivity contribution in [3.63, 3.8) is 0 Å². The van der Waals surface area contributed by atoms with Gasteiger partial charge in [-0.3, -0.25) is 0 Å². The van der Waals surface area contributed by atoms with Crippen molar-refractivity contribution >= 4 is 0 Å². The van der Waals surface area contributed by atoms with Crippen molar-refractivity contribution < 1.29 is 4.74 Å². The summed E-state index contributed by atoms with van der Waals surface area (Å²) in [6.07, 6.45) is 4.15. The van der Waals surface area contributed by atoms with Gasteiger partial charge in [-0.2, -0.15) is 0 Å². The molecule has 10 heavy (non-hydrogen) atoms. The Labute approximate surface area is 63.8 Å². The van der Waals surface area contributed by atoms with E-state index in [1.807, 2.05) is 7.11 Å². The molecule has 0 aromatic rings. The Balaban J connectivity index is 2.42. The van der Waals surface area contributed by atoms with Crippen LogP contribution in [-0.2, 0) is 4.74 Å². The molecular formula is C9H18O. The van der Waals surface area contributed by atoms with Crippen LogP contribution in [0.5, 0.6) is 0 Å². The predicted molar refractivity (Wildman–Crippen MR) is 43.0 cm³/mol. The Bertz CT molecular complexity index is 103. The molecule has 1 nitrogen and oxygen atoms in total. The fourth-order valence-corrected chi connectivity index (χ4v) is 1.81. The summed E-state index contributed by atoms with van der Waals surface area (Å²) in [4.78, 5) is 0. The monoisotopic (exact) mass is 142 g/mol. The van der Waals surface area contributed by atoms with Gasteiger partial charge >= 0.3 is 0 Å². The van der Waals surface area contributed by atoms with Gasteiger partial charge in [0.2, 0.25) is 0 Å². The van der Waals surface area contributed by atoms with Crippen molar-refractivity contribution in [2.24, 2.45) is 11.3 Å². The maximum Gasteiger partial charge on any atom is 0.0521 e. The molecule has 1 fully saturated rings. The van der Waals surface area contributed by atoms with E-state index < -0.39 is 0 Å². The van der Waals surface area contributed by atoms with Crippen molar-refractivity contribution in [1.29, 1.82) is 0 Å². The molecule has 0 atom stereocenters. The van der Waals surface area contributed by atoms with Crippen LogP contribution in [0.25, 0.3) is 0 Å². The third kappa shape index (κ3) is 1.20. The summed E-state index contributed by atoms with van der Waals surface area (Å²) in [5, 5.41) is 0. The molecule has 0 spiro atoms. The van der Waals surface area contributed by atoms with E-state index in [0.29, 0.717) is 5.41 Å². The number of ether oxygens (including phenoxy) is 1. The Morgan fingerprint density at radius 1 is 1.40 bits per heavy atom. The molecular weight excluding hydrogens is 124 g/mol. The molecule has 0 N–H and O–H groups in total. The first-order valence-corrected chi connectivity index (χ1v) is 4.20. The molecule has 0 amide bonds. The quantitative estimate of drug-likeness (QED) is 0.588. The fraction of sp³-hybridized carbons (Fsp3) is 1.00. The van der Waals surface area contributed by atoms with Crippen LogP contribution < -0.4 is 0 Å². The Morgan fingerprint density at radius 3 is 2.10 bits per heavy atom. The van der Waals surface area contributed by atoms with Crippen LogP contribution in [-0.4, -0.2) is 13.7 Å². The van der Waals surface area contributed by atoms with Gasteiger partial charge in [-0.15, -0.1) is 0 Å². The minimum atomic E-state index is 0.550. The largest absolute Gasteiger partial charge is 0.384 e. The molecule has 1 rings (SSSR count). The van der Waals surface area contributed by atoms with Crippen LogP contribution in [0.3, 0.4) is 0 Å². The van der Waals surface area contributed by atoms with E-state index in [1.54, 1.807) is 0 Å². The fourth-order valence-electron chi connectivity index (χ4n) is 1.81. The van der Waals surface area contributed by atoms with E-state index in [2.05, 4.69) is 13.8 Å². The first kappa shape index (κ1) is 8.06. The lowest BCUT2D eigenvalue weighted by atomic mass is 9.63. The maximum absolute atomic E-state index is 5.21. The molecule has 0 heterocycles. The Hall–Kier alpha value is -0.0400. The van der Waals surface area contributed by atoms with Crippen LogP contribution in [0.2, 0.25) is 0 Å². The second-order valence-corrected chi connectivity index (χ2v) is 3.80. The van der Waals surface area contributed by atoms with Gasteiger partial charge in [-0.25, -0.2) is 0 Å². The first-order valence-electron chi connectivity index (χ1n) is 4.20. The highest BCUT2D eigenvalue weighted by atomic mass is 16.5. The van der Waals surface area contributed by atoms with E-state index in [4.69, 9.17) is 4.74 Å². The van der Waals surface area contributed by atoms with Gasteiger partial charge in [0.1, 0.15) is 0 Å². The van der Waals surface area contributed by atoms with Gasteiger partial charge in [-0.05, 0) is 24.2 Å². The summed E-state index contributed by atoms with van der Waals surface area (Å²) >= 11 is 0. The first-order chi connectivity index (χ1) is 4.71. The molecule has 0 aromatic carbocycles. The molecule has 0 bridgehead atoms. The van der Waals surface area contributed by atoms with Crippen LogP contribution in [0.1, 0.15) is 33.1 Å². The summed E-state index contributed by atoms with van der Waals surface area (Å²) in [6.45, 7) is 5.57. The smallest absolute Gasteiger partial charge is 0.0521 e. The normalized spacial score (nSPS) is 22.8. The van der Waals surface area contributed by atoms with Crippen molar-refractivity contribution in [3.8, 4) is 0 Å². The van der Waals surface area contributed by atoms with E-state index in [1.165, 1.54) is 19.3 Å². The van der Waals surface area contributed by atoms with Gasteiger partial charge in [0, 0.05) is 7.11 Å². The molecule has 0 unspecified atom stereocenters. The second-order valence-electron chi connectivity index (χ2n) is 3.80. The molecule has 60 valence electrons. The standard InChI is InChI=1S/C9H18O/c1-8(2)9(7-10-3)5-4-6-9/h8H,4-7H2,1-3H3. The highest BCUT2D eigenvalue weighted by Gasteiger charge is 2.39. The van der Waals surface area contributed by atoms with Crippen molar-refractivity contribution in [2.45, 2.75) is 33.1 Å². The summed E-state index contributed by atoms with van der Waals surface area (Å²) in [5.74, 6) is 0.793. The zero-order valence-corrected chi connectivity index (χ0v) is 7.31. The minimum Gasteiger partial charge on any atom is -0.384 e. The average Bonchev–Trinajstić information content (AvgIpc) is 1.77. The lowest BCUT2D eigenvalue weighted by Crippen LogP contribution is -2.38. The summed E-state index contributed by atoms with van der Waals surface area (Å²) in [5.41, 5.74) is 0.550. The van der Waals surface area contributed by atoms with Gasteiger partial charge in [0.15, 0.2) is 0 Å². The molecule has 1 aliphatic rings. The molecule has 1 saturated carbocycles. The Morgan fingerprint density at radius 2 is 2.00 bits per heavy atom. The number of methoxy groups -OCH3 is 1.